The van der Waals surface area contributed by atoms with Crippen LogP contribution < -0.4 is 0 Å². The average molecular weight is 664 g/mol. The smallest absolute Gasteiger partial charge is 0.107 e. The van der Waals surface area contributed by atoms with Crippen molar-refractivity contribution in [3.05, 3.63) is 61.5 Å². The molecule has 2 heterocycles. The molecule has 1 saturated heterocycles. The van der Waals surface area contributed by atoms with Gasteiger partial charge in [0.1, 0.15) is 6.10 Å². The second-order valence-corrected chi connectivity index (χ2v) is 21.0. The Kier molecular flexibility index (Phi) is 8.88. The van der Waals surface area contributed by atoms with Gasteiger partial charge in [0.2, 0.25) is 0 Å². The first kappa shape index (κ1) is 31.1. The number of halogens is 1. The quantitative estimate of drug-likeness (QED) is 0.256. The van der Waals surface area contributed by atoms with E-state index < -0.39 is 14.4 Å². The van der Waals surface area contributed by atoms with Crippen molar-refractivity contribution < 1.29 is 14.3 Å². The zero-order chi connectivity index (χ0) is 29.0. The molecular weight excluding hydrogens is 613 g/mol. The second kappa shape index (κ2) is 11.1. The Morgan fingerprint density at radius 1 is 1.05 bits per heavy atom. The summed E-state index contributed by atoms with van der Waals surface area (Å²) in [6.45, 7) is 24.5. The van der Waals surface area contributed by atoms with E-state index in [9.17, 15) is 5.11 Å². The van der Waals surface area contributed by atoms with Crippen LogP contribution in [0.5, 0.6) is 0 Å². The van der Waals surface area contributed by atoms with Gasteiger partial charge < -0.3 is 14.3 Å². The van der Waals surface area contributed by atoms with Gasteiger partial charge in [-0.05, 0) is 78.5 Å². The van der Waals surface area contributed by atoms with Gasteiger partial charge in [0, 0.05) is 45.6 Å². The third-order valence-corrected chi connectivity index (χ3v) is 14.9. The first-order chi connectivity index (χ1) is 17.9. The van der Waals surface area contributed by atoms with Gasteiger partial charge in [-0.25, -0.2) is 0 Å². The molecule has 217 valence electrons. The van der Waals surface area contributed by atoms with Crippen molar-refractivity contribution >= 4 is 30.9 Å². The molecule has 0 saturated carbocycles. The standard InChI is InChI=1S/C33H50INO3Si/c1-31(2,3)23-13-11-22(12-14-23)30(36)27-28(34)26-24(35-29(27)21-15-17-37-18-16-21)19-33(7,8)20-25(26)38-39(9,10)32(4,5)6/h11-14,21,25,30,36H,15-20H2,1-10H3/q-1/t25-,30-/m0/s1. The van der Waals surface area contributed by atoms with E-state index in [0.29, 0.717) is 5.92 Å². The molecule has 1 fully saturated rings. The van der Waals surface area contributed by atoms with Crippen LogP contribution in [-0.4, -0.2) is 31.6 Å². The van der Waals surface area contributed by atoms with Gasteiger partial charge in [0.15, 0.2) is 0 Å². The highest BCUT2D eigenvalue weighted by molar-refractivity contribution is 14.1. The highest BCUT2D eigenvalue weighted by Crippen LogP contribution is 2.50. The van der Waals surface area contributed by atoms with E-state index in [-0.39, 0.29) is 22.0 Å². The number of hydrogen-bond acceptors (Lipinski definition) is 4. The first-order valence-electron chi connectivity index (χ1n) is 14.7. The Hall–Kier alpha value is -0.803. The number of rotatable bonds is 5. The lowest BCUT2D eigenvalue weighted by Gasteiger charge is -2.53. The zero-order valence-corrected chi connectivity index (χ0v) is 29.0. The fourth-order valence-corrected chi connectivity index (χ4v) is 8.24. The molecule has 2 aliphatic rings. The topological polar surface area (TPSA) is 51.6 Å². The molecule has 0 unspecified atom stereocenters. The van der Waals surface area contributed by atoms with E-state index in [1.54, 1.807) is 0 Å². The summed E-state index contributed by atoms with van der Waals surface area (Å²) in [5.74, 6) is 0.292. The van der Waals surface area contributed by atoms with Gasteiger partial charge in [-0.3, -0.25) is 4.98 Å². The maximum Gasteiger partial charge on any atom is 0.107 e. The number of ether oxygens (including phenoxy) is 1. The van der Waals surface area contributed by atoms with Gasteiger partial charge in [-0.1, -0.05) is 79.7 Å². The molecular formula is C33H50INO3Si-. The molecule has 0 spiro atoms. The summed E-state index contributed by atoms with van der Waals surface area (Å²) >= 11 is 2.51. The summed E-state index contributed by atoms with van der Waals surface area (Å²) in [4.78, 5) is 5.45. The van der Waals surface area contributed by atoms with Gasteiger partial charge in [-0.15, -0.1) is 18.1 Å². The molecule has 1 aromatic heterocycles. The van der Waals surface area contributed by atoms with Gasteiger partial charge >= 0.3 is 0 Å². The SMILES string of the molecule is CC1(C)Cc2nc(C3CCOCC3)c([C@@H](O)c3ccc(C(C)(C)C)cc3)c(I)c2[C@@H](O[Si-](C)(C)C(C)(C)C)C1. The van der Waals surface area contributed by atoms with Crippen molar-refractivity contribution in [2.75, 3.05) is 13.2 Å². The molecule has 0 radical (unpaired) electrons. The van der Waals surface area contributed by atoms with E-state index in [1.165, 1.54) is 16.8 Å². The van der Waals surface area contributed by atoms with E-state index in [4.69, 9.17) is 14.1 Å². The van der Waals surface area contributed by atoms with Crippen LogP contribution in [0, 0.1) is 8.99 Å². The monoisotopic (exact) mass is 663 g/mol. The molecule has 2 atom stereocenters. The van der Waals surface area contributed by atoms with Crippen molar-refractivity contribution in [3.8, 4) is 0 Å². The third-order valence-electron chi connectivity index (χ3n) is 9.24. The van der Waals surface area contributed by atoms with Crippen molar-refractivity contribution in [2.45, 2.75) is 123 Å². The van der Waals surface area contributed by atoms with Crippen LogP contribution in [0.2, 0.25) is 18.1 Å². The summed E-state index contributed by atoms with van der Waals surface area (Å²) in [5.41, 5.74) is 6.80. The number of hydrogen-bond donors (Lipinski definition) is 1. The van der Waals surface area contributed by atoms with Crippen LogP contribution in [0.3, 0.4) is 0 Å². The van der Waals surface area contributed by atoms with Gasteiger partial charge in [0.05, 0.1) is 5.69 Å². The normalized spacial score (nSPS) is 21.5. The molecule has 4 nitrogen and oxygen atoms in total. The number of pyridine rings is 1. The molecule has 1 aliphatic heterocycles. The largest absolute Gasteiger partial charge is 0.559 e. The summed E-state index contributed by atoms with van der Waals surface area (Å²) in [5, 5.41) is 12.1. The molecule has 2 aromatic rings. The molecule has 4 rings (SSSR count). The van der Waals surface area contributed by atoms with Crippen molar-refractivity contribution in [3.63, 3.8) is 0 Å². The van der Waals surface area contributed by atoms with Crippen molar-refractivity contribution in [2.24, 2.45) is 5.41 Å². The lowest BCUT2D eigenvalue weighted by molar-refractivity contribution is 0.0827. The summed E-state index contributed by atoms with van der Waals surface area (Å²) in [6.07, 6.45) is 3.04. The molecule has 1 aromatic carbocycles. The van der Waals surface area contributed by atoms with Crippen molar-refractivity contribution in [1.29, 1.82) is 0 Å². The van der Waals surface area contributed by atoms with Crippen LogP contribution in [0.15, 0.2) is 24.3 Å². The average Bonchev–Trinajstić information content (AvgIpc) is 2.81. The molecule has 1 N–H and O–H groups in total. The van der Waals surface area contributed by atoms with Crippen LogP contribution >= 0.6 is 22.6 Å². The molecule has 0 bridgehead atoms. The highest BCUT2D eigenvalue weighted by atomic mass is 127. The number of fused-ring (bicyclic) bond motifs is 1. The number of aliphatic hydroxyl groups excluding tert-OH is 1. The summed E-state index contributed by atoms with van der Waals surface area (Å²) in [6, 6.07) is 8.52. The maximum atomic E-state index is 12.0. The number of benzene rings is 1. The molecule has 0 amide bonds. The predicted octanol–water partition coefficient (Wildman–Crippen LogP) is 8.99. The molecule has 39 heavy (non-hydrogen) atoms. The zero-order valence-electron chi connectivity index (χ0n) is 25.9. The van der Waals surface area contributed by atoms with E-state index >= 15 is 0 Å². The summed E-state index contributed by atoms with van der Waals surface area (Å²) < 4.78 is 14.0. The Morgan fingerprint density at radius 2 is 1.64 bits per heavy atom. The predicted molar refractivity (Wildman–Crippen MR) is 172 cm³/mol. The number of aromatic nitrogens is 1. The Labute approximate surface area is 252 Å². The fraction of sp³-hybridized carbons (Fsp3) is 0.667. The molecule has 1 aliphatic carbocycles. The minimum Gasteiger partial charge on any atom is -0.559 e. The third kappa shape index (κ3) is 6.66. The van der Waals surface area contributed by atoms with Crippen molar-refractivity contribution in [1.82, 2.24) is 4.98 Å². The Morgan fingerprint density at radius 3 is 2.18 bits per heavy atom. The van der Waals surface area contributed by atoms with Gasteiger partial charge in [-0.2, -0.15) is 0 Å². The van der Waals surface area contributed by atoms with Crippen LogP contribution in [0.25, 0.3) is 0 Å². The second-order valence-electron chi connectivity index (χ2n) is 15.2. The molecule has 6 heteroatoms. The number of aliphatic hydroxyl groups is 1. The Balaban J connectivity index is 1.88. The Bertz CT molecular complexity index is 1170. The van der Waals surface area contributed by atoms with E-state index in [1.807, 2.05) is 0 Å². The first-order valence-corrected chi connectivity index (χ1v) is 18.7. The minimum absolute atomic E-state index is 0.0120. The minimum atomic E-state index is -2.04. The number of nitrogens with zero attached hydrogens (tertiary/aromatic N) is 1. The maximum absolute atomic E-state index is 12.0. The summed E-state index contributed by atoms with van der Waals surface area (Å²) in [7, 11) is -2.04. The van der Waals surface area contributed by atoms with Crippen LogP contribution in [0.4, 0.5) is 0 Å². The van der Waals surface area contributed by atoms with E-state index in [2.05, 4.69) is 115 Å². The van der Waals surface area contributed by atoms with Crippen LogP contribution in [-0.2, 0) is 21.0 Å². The lowest BCUT2D eigenvalue weighted by atomic mass is 9.74. The van der Waals surface area contributed by atoms with Gasteiger partial charge in [0.25, 0.3) is 0 Å². The fourth-order valence-electron chi connectivity index (χ4n) is 5.75. The van der Waals surface area contributed by atoms with E-state index in [0.717, 1.165) is 59.3 Å². The highest BCUT2D eigenvalue weighted by Gasteiger charge is 2.40. The van der Waals surface area contributed by atoms with Crippen LogP contribution in [0.1, 0.15) is 126 Å². The lowest BCUT2D eigenvalue weighted by Crippen LogP contribution is -2.44.